The molecule has 35 heavy (non-hydrogen) atoms. The number of aliphatic hydroxyl groups excluding tert-OH is 1. The van der Waals surface area contributed by atoms with E-state index in [9.17, 15) is 13.5 Å². The molecule has 4 heterocycles. The number of pyridine rings is 1. The maximum atomic E-state index is 12.6. The summed E-state index contributed by atoms with van der Waals surface area (Å²) in [6.07, 6.45) is 9.25. The van der Waals surface area contributed by atoms with E-state index in [4.69, 9.17) is 5.73 Å². The van der Waals surface area contributed by atoms with Gasteiger partial charge in [0.25, 0.3) is 0 Å². The molecule has 1 saturated carbocycles. The molecule has 10 nitrogen and oxygen atoms in total. The first-order valence-electron chi connectivity index (χ1n) is 12.4. The molecule has 0 radical (unpaired) electrons. The fraction of sp³-hybridized carbons (Fsp3) is 0.625. The van der Waals surface area contributed by atoms with Crippen molar-refractivity contribution in [2.24, 2.45) is 5.41 Å². The zero-order valence-electron chi connectivity index (χ0n) is 20.2. The van der Waals surface area contributed by atoms with Crippen molar-refractivity contribution in [3.63, 3.8) is 0 Å². The van der Waals surface area contributed by atoms with Gasteiger partial charge in [0.15, 0.2) is 0 Å². The second-order valence-corrected chi connectivity index (χ2v) is 12.2. The molecule has 1 aliphatic carbocycles. The van der Waals surface area contributed by atoms with Crippen LogP contribution in [0.4, 0.5) is 11.6 Å². The van der Waals surface area contributed by atoms with Crippen LogP contribution in [0.5, 0.6) is 0 Å². The van der Waals surface area contributed by atoms with Crippen molar-refractivity contribution < 1.29 is 13.5 Å². The molecule has 0 unspecified atom stereocenters. The highest BCUT2D eigenvalue weighted by Gasteiger charge is 2.43. The summed E-state index contributed by atoms with van der Waals surface area (Å²) in [4.78, 5) is 17.6. The smallest absolute Gasteiger partial charge is 0.242 e. The highest BCUT2D eigenvalue weighted by atomic mass is 32.2. The number of hydrogen-bond donors (Lipinski definition) is 3. The van der Waals surface area contributed by atoms with Gasteiger partial charge in [-0.1, -0.05) is 0 Å². The van der Waals surface area contributed by atoms with Crippen LogP contribution in [0.25, 0.3) is 0 Å². The van der Waals surface area contributed by atoms with Gasteiger partial charge in [0.2, 0.25) is 10.0 Å². The summed E-state index contributed by atoms with van der Waals surface area (Å²) in [7, 11) is -3.72. The lowest BCUT2D eigenvalue weighted by Gasteiger charge is -2.41. The third kappa shape index (κ3) is 5.28. The molecule has 1 spiro atoms. The first-order valence-corrected chi connectivity index (χ1v) is 13.9. The zero-order valence-corrected chi connectivity index (χ0v) is 21.0. The van der Waals surface area contributed by atoms with Gasteiger partial charge in [-0.15, -0.1) is 0 Å². The summed E-state index contributed by atoms with van der Waals surface area (Å²) in [5.74, 6) is 2.09. The molecule has 2 aromatic rings. The molecular formula is C24H35N7O3S. The second kappa shape index (κ2) is 9.61. The molecule has 0 bridgehead atoms. The lowest BCUT2D eigenvalue weighted by molar-refractivity contribution is 0.0557. The van der Waals surface area contributed by atoms with E-state index < -0.39 is 16.1 Å². The summed E-state index contributed by atoms with van der Waals surface area (Å²) in [6.45, 7) is 5.78. The Bertz CT molecular complexity index is 1170. The molecule has 3 aliphatic rings. The van der Waals surface area contributed by atoms with Crippen molar-refractivity contribution in [2.45, 2.75) is 55.9 Å². The average molecular weight is 502 g/mol. The minimum absolute atomic E-state index is 0.0305. The number of sulfonamides is 1. The lowest BCUT2D eigenvalue weighted by atomic mass is 9.79. The van der Waals surface area contributed by atoms with Crippen LogP contribution in [0, 0.1) is 12.3 Å². The first-order chi connectivity index (χ1) is 16.8. The van der Waals surface area contributed by atoms with E-state index in [0.717, 1.165) is 69.7 Å². The number of β-amino-alcohol motifs (C(OH)–C–C–N with tert-alkyl or cyclic N) is 1. The van der Waals surface area contributed by atoms with Gasteiger partial charge in [0, 0.05) is 56.1 Å². The van der Waals surface area contributed by atoms with Gasteiger partial charge in [-0.25, -0.2) is 23.1 Å². The van der Waals surface area contributed by atoms with E-state index in [2.05, 4.69) is 29.5 Å². The molecule has 2 aromatic heterocycles. The Labute approximate surface area is 207 Å². The first kappa shape index (κ1) is 24.4. The molecule has 11 heteroatoms. The van der Waals surface area contributed by atoms with E-state index in [0.29, 0.717) is 23.8 Å². The van der Waals surface area contributed by atoms with E-state index in [1.165, 1.54) is 6.20 Å². The predicted molar refractivity (Wildman–Crippen MR) is 134 cm³/mol. The summed E-state index contributed by atoms with van der Waals surface area (Å²) in [5.41, 5.74) is 8.10. The normalized spacial score (nSPS) is 24.2. The van der Waals surface area contributed by atoms with E-state index >= 15 is 0 Å². The van der Waals surface area contributed by atoms with Crippen molar-refractivity contribution in [3.05, 3.63) is 35.9 Å². The lowest BCUT2D eigenvalue weighted by Crippen LogP contribution is -2.49. The van der Waals surface area contributed by atoms with Gasteiger partial charge in [-0.05, 0) is 63.1 Å². The average Bonchev–Trinajstić information content (AvgIpc) is 3.59. The van der Waals surface area contributed by atoms with E-state index in [-0.39, 0.29) is 16.9 Å². The molecule has 3 fully saturated rings. The number of nitrogens with zero attached hydrogens (tertiary/aromatic N) is 5. The molecule has 2 saturated heterocycles. The highest BCUT2D eigenvalue weighted by molar-refractivity contribution is 7.89. The van der Waals surface area contributed by atoms with Gasteiger partial charge in [0.1, 0.15) is 22.9 Å². The van der Waals surface area contributed by atoms with Crippen LogP contribution in [-0.4, -0.2) is 78.7 Å². The number of aliphatic hydroxyl groups is 1. The SMILES string of the molecule is Cc1ccncc1S(=O)(=O)NC[C@@H](O)CN1CCC[C@@]2(CCN(c3ncnc(N)c3C3CC3)C2)C1. The standard InChI is InChI=1S/C24H35N7O3S/c1-17-5-8-26-12-20(17)35(33,34)29-11-19(32)13-30-9-2-6-24(14-30)7-10-31(15-24)23-21(18-3-4-18)22(25)27-16-28-23/h5,8,12,16,18-19,29,32H,2-4,6-7,9-11,13-15H2,1H3,(H2,25,27,28)/t19-,24-/m1/s1. The fourth-order valence-corrected chi connectivity index (χ4v) is 6.97. The molecule has 4 N–H and O–H groups in total. The molecular weight excluding hydrogens is 466 g/mol. The summed E-state index contributed by atoms with van der Waals surface area (Å²) < 4.78 is 27.8. The highest BCUT2D eigenvalue weighted by Crippen LogP contribution is 2.48. The summed E-state index contributed by atoms with van der Waals surface area (Å²) in [5, 5.41) is 10.7. The van der Waals surface area contributed by atoms with Crippen molar-refractivity contribution in [2.75, 3.05) is 49.9 Å². The van der Waals surface area contributed by atoms with Gasteiger partial charge >= 0.3 is 0 Å². The third-order valence-corrected chi connectivity index (χ3v) is 9.17. The number of aromatic nitrogens is 3. The van der Waals surface area contributed by atoms with Crippen LogP contribution >= 0.6 is 0 Å². The van der Waals surface area contributed by atoms with Crippen molar-refractivity contribution in [1.82, 2.24) is 24.6 Å². The van der Waals surface area contributed by atoms with E-state index in [1.807, 2.05) is 0 Å². The number of nitrogen functional groups attached to an aromatic ring is 1. The Kier molecular flexibility index (Phi) is 6.69. The molecule has 0 amide bonds. The van der Waals surface area contributed by atoms with Crippen LogP contribution in [-0.2, 0) is 10.0 Å². The predicted octanol–water partition coefficient (Wildman–Crippen LogP) is 1.27. The molecule has 190 valence electrons. The number of likely N-dealkylation sites (tertiary alicyclic amines) is 1. The minimum atomic E-state index is -3.72. The maximum absolute atomic E-state index is 12.6. The Balaban J connectivity index is 1.19. The van der Waals surface area contributed by atoms with Gasteiger partial charge < -0.3 is 20.6 Å². The summed E-state index contributed by atoms with van der Waals surface area (Å²) in [6, 6.07) is 1.66. The van der Waals surface area contributed by atoms with Crippen molar-refractivity contribution >= 4 is 21.7 Å². The topological polar surface area (TPSA) is 138 Å². The number of nitrogens with one attached hydrogen (secondary N) is 1. The zero-order chi connectivity index (χ0) is 24.6. The number of piperidine rings is 1. The number of aryl methyl sites for hydroxylation is 1. The second-order valence-electron chi connectivity index (χ2n) is 10.4. The molecule has 5 rings (SSSR count). The number of nitrogens with two attached hydrogens (primary N) is 1. The Morgan fingerprint density at radius 3 is 2.86 bits per heavy atom. The van der Waals surface area contributed by atoms with Crippen molar-refractivity contribution in [3.8, 4) is 0 Å². The quantitative estimate of drug-likeness (QED) is 0.488. The summed E-state index contributed by atoms with van der Waals surface area (Å²) >= 11 is 0. The Morgan fingerprint density at radius 1 is 1.26 bits per heavy atom. The maximum Gasteiger partial charge on any atom is 0.242 e. The monoisotopic (exact) mass is 501 g/mol. The van der Waals surface area contributed by atoms with Gasteiger partial charge in [-0.3, -0.25) is 4.98 Å². The number of rotatable bonds is 8. The Hall–Kier alpha value is -2.34. The van der Waals surface area contributed by atoms with Crippen LogP contribution < -0.4 is 15.4 Å². The van der Waals surface area contributed by atoms with Crippen LogP contribution in [0.2, 0.25) is 0 Å². The number of hydrogen-bond acceptors (Lipinski definition) is 9. The van der Waals surface area contributed by atoms with Crippen LogP contribution in [0.3, 0.4) is 0 Å². The van der Waals surface area contributed by atoms with E-state index in [1.54, 1.807) is 25.5 Å². The van der Waals surface area contributed by atoms with Crippen LogP contribution in [0.1, 0.15) is 49.1 Å². The third-order valence-electron chi connectivity index (χ3n) is 7.62. The molecule has 0 aromatic carbocycles. The Morgan fingerprint density at radius 2 is 2.09 bits per heavy atom. The molecule has 2 aliphatic heterocycles. The fourth-order valence-electron chi connectivity index (χ4n) is 5.71. The van der Waals surface area contributed by atoms with Gasteiger partial charge in [-0.2, -0.15) is 0 Å². The minimum Gasteiger partial charge on any atom is -0.390 e. The van der Waals surface area contributed by atoms with Gasteiger partial charge in [0.05, 0.1) is 6.10 Å². The molecule has 2 atom stereocenters. The van der Waals surface area contributed by atoms with Crippen molar-refractivity contribution in [1.29, 1.82) is 0 Å². The van der Waals surface area contributed by atoms with Crippen LogP contribution in [0.15, 0.2) is 29.7 Å². The largest absolute Gasteiger partial charge is 0.390 e. The number of anilines is 2.